The van der Waals surface area contributed by atoms with Crippen LogP contribution in [0.3, 0.4) is 0 Å². The quantitative estimate of drug-likeness (QED) is 0.618. The van der Waals surface area contributed by atoms with E-state index in [9.17, 15) is 4.79 Å². The molecule has 1 unspecified atom stereocenters. The Morgan fingerprint density at radius 1 is 1.62 bits per heavy atom. The van der Waals surface area contributed by atoms with Gasteiger partial charge in [0.1, 0.15) is 12.4 Å². The van der Waals surface area contributed by atoms with Gasteiger partial charge in [-0.3, -0.25) is 0 Å². The molecule has 3 heteroatoms. The molecule has 0 aliphatic rings. The summed E-state index contributed by atoms with van der Waals surface area (Å²) in [4.78, 5) is 10.5. The average molecular weight is 285 g/mol. The van der Waals surface area contributed by atoms with E-state index < -0.39 is 0 Å². The van der Waals surface area contributed by atoms with E-state index in [1.54, 1.807) is 6.07 Å². The molecule has 0 N–H and O–H groups in total. The second-order valence-electron chi connectivity index (χ2n) is 2.78. The number of carbonyl (C=O) groups is 1. The van der Waals surface area contributed by atoms with Gasteiger partial charge in [0.2, 0.25) is 0 Å². The van der Waals surface area contributed by atoms with E-state index in [4.69, 9.17) is 5.26 Å². The van der Waals surface area contributed by atoms with Crippen LogP contribution >= 0.6 is 22.6 Å². The molecule has 0 heterocycles. The Balaban J connectivity index is 3.15. The predicted octanol–water partition coefficient (Wildman–Crippen LogP) is 2.47. The zero-order chi connectivity index (χ0) is 9.84. The SMILES string of the molecule is CC(C=O)c1ccc(I)c(C#N)c1. The van der Waals surface area contributed by atoms with Crippen LogP contribution in [0.15, 0.2) is 18.2 Å². The van der Waals surface area contributed by atoms with Crippen molar-refractivity contribution in [2.75, 3.05) is 0 Å². The molecule has 1 atom stereocenters. The maximum Gasteiger partial charge on any atom is 0.127 e. The van der Waals surface area contributed by atoms with Crippen molar-refractivity contribution in [1.82, 2.24) is 0 Å². The van der Waals surface area contributed by atoms with Crippen molar-refractivity contribution in [1.29, 1.82) is 5.26 Å². The highest BCUT2D eigenvalue weighted by molar-refractivity contribution is 14.1. The van der Waals surface area contributed by atoms with Gasteiger partial charge in [-0.1, -0.05) is 13.0 Å². The van der Waals surface area contributed by atoms with Crippen LogP contribution in [-0.4, -0.2) is 6.29 Å². The Kier molecular flexibility index (Phi) is 3.43. The number of carbonyl (C=O) groups excluding carboxylic acids is 1. The van der Waals surface area contributed by atoms with Crippen LogP contribution in [0.4, 0.5) is 0 Å². The summed E-state index contributed by atoms with van der Waals surface area (Å²) in [7, 11) is 0. The molecule has 0 saturated carbocycles. The number of benzene rings is 1. The summed E-state index contributed by atoms with van der Waals surface area (Å²) in [5.74, 6) is -0.135. The lowest BCUT2D eigenvalue weighted by Gasteiger charge is -2.04. The summed E-state index contributed by atoms with van der Waals surface area (Å²) in [5, 5.41) is 8.75. The lowest BCUT2D eigenvalue weighted by Crippen LogP contribution is -1.95. The lowest BCUT2D eigenvalue weighted by molar-refractivity contribution is -0.108. The number of aldehydes is 1. The Bertz CT molecular complexity index is 368. The first-order chi connectivity index (χ1) is 6.19. The van der Waals surface area contributed by atoms with Crippen molar-refractivity contribution >= 4 is 28.9 Å². The van der Waals surface area contributed by atoms with Crippen LogP contribution in [0.2, 0.25) is 0 Å². The van der Waals surface area contributed by atoms with E-state index in [1.807, 2.05) is 19.1 Å². The molecule has 0 bridgehead atoms. The summed E-state index contributed by atoms with van der Waals surface area (Å²) in [5.41, 5.74) is 1.53. The van der Waals surface area contributed by atoms with E-state index in [0.717, 1.165) is 15.4 Å². The summed E-state index contributed by atoms with van der Waals surface area (Å²) >= 11 is 2.10. The second-order valence-corrected chi connectivity index (χ2v) is 3.94. The Morgan fingerprint density at radius 3 is 2.85 bits per heavy atom. The van der Waals surface area contributed by atoms with Crippen molar-refractivity contribution in [2.24, 2.45) is 0 Å². The largest absolute Gasteiger partial charge is 0.303 e. The average Bonchev–Trinajstić information content (AvgIpc) is 2.17. The fourth-order valence-corrected chi connectivity index (χ4v) is 1.45. The fraction of sp³-hybridized carbons (Fsp3) is 0.200. The first kappa shape index (κ1) is 10.2. The molecule has 1 aromatic rings. The van der Waals surface area contributed by atoms with Crippen LogP contribution < -0.4 is 0 Å². The van der Waals surface area contributed by atoms with E-state index in [2.05, 4.69) is 28.7 Å². The number of halogens is 1. The van der Waals surface area contributed by atoms with Gasteiger partial charge >= 0.3 is 0 Å². The Hall–Kier alpha value is -0.890. The van der Waals surface area contributed by atoms with Gasteiger partial charge < -0.3 is 4.79 Å². The van der Waals surface area contributed by atoms with Gasteiger partial charge in [-0.25, -0.2) is 0 Å². The van der Waals surface area contributed by atoms with Crippen LogP contribution in [0.1, 0.15) is 24.0 Å². The van der Waals surface area contributed by atoms with Gasteiger partial charge in [0, 0.05) is 9.49 Å². The molecule has 0 aromatic heterocycles. The number of nitriles is 1. The third-order valence-corrected chi connectivity index (χ3v) is 2.78. The number of rotatable bonds is 2. The van der Waals surface area contributed by atoms with Crippen LogP contribution in [0.25, 0.3) is 0 Å². The molecular weight excluding hydrogens is 277 g/mol. The minimum atomic E-state index is -0.135. The van der Waals surface area contributed by atoms with E-state index in [-0.39, 0.29) is 5.92 Å². The topological polar surface area (TPSA) is 40.9 Å². The molecule has 0 spiro atoms. The summed E-state index contributed by atoms with van der Waals surface area (Å²) in [6.07, 6.45) is 0.878. The smallest absolute Gasteiger partial charge is 0.127 e. The van der Waals surface area contributed by atoms with E-state index in [1.165, 1.54) is 0 Å². The van der Waals surface area contributed by atoms with Gasteiger partial charge in [0.05, 0.1) is 5.56 Å². The minimum absolute atomic E-state index is 0.135. The molecular formula is C10H8INO. The number of hydrogen-bond donors (Lipinski definition) is 0. The third kappa shape index (κ3) is 2.28. The van der Waals surface area contributed by atoms with Crippen molar-refractivity contribution in [2.45, 2.75) is 12.8 Å². The third-order valence-electron chi connectivity index (χ3n) is 1.84. The van der Waals surface area contributed by atoms with Crippen molar-refractivity contribution in [3.63, 3.8) is 0 Å². The van der Waals surface area contributed by atoms with Gasteiger partial charge in [-0.15, -0.1) is 0 Å². The highest BCUT2D eigenvalue weighted by Gasteiger charge is 2.06. The first-order valence-corrected chi connectivity index (χ1v) is 4.91. The zero-order valence-electron chi connectivity index (χ0n) is 7.12. The van der Waals surface area contributed by atoms with E-state index >= 15 is 0 Å². The molecule has 0 fully saturated rings. The van der Waals surface area contributed by atoms with Crippen molar-refractivity contribution in [3.8, 4) is 6.07 Å². The molecule has 2 nitrogen and oxygen atoms in total. The molecule has 66 valence electrons. The van der Waals surface area contributed by atoms with Crippen LogP contribution in [0.5, 0.6) is 0 Å². The van der Waals surface area contributed by atoms with Gasteiger partial charge in [-0.05, 0) is 40.3 Å². The monoisotopic (exact) mass is 285 g/mol. The van der Waals surface area contributed by atoms with Crippen LogP contribution in [0, 0.1) is 14.9 Å². The van der Waals surface area contributed by atoms with Crippen molar-refractivity contribution < 1.29 is 4.79 Å². The second kappa shape index (κ2) is 4.38. The molecule has 0 radical (unpaired) electrons. The van der Waals surface area contributed by atoms with Gasteiger partial charge in [0.25, 0.3) is 0 Å². The lowest BCUT2D eigenvalue weighted by atomic mass is 10.0. The molecule has 0 saturated heterocycles. The molecule has 1 aromatic carbocycles. The maximum atomic E-state index is 10.5. The van der Waals surface area contributed by atoms with Gasteiger partial charge in [-0.2, -0.15) is 5.26 Å². The standard InChI is InChI=1S/C10H8INO/c1-7(6-13)8-2-3-10(11)9(4-8)5-12/h2-4,6-7H,1H3. The summed E-state index contributed by atoms with van der Waals surface area (Å²) < 4.78 is 0.918. The maximum absolute atomic E-state index is 10.5. The molecule has 13 heavy (non-hydrogen) atoms. The number of hydrogen-bond acceptors (Lipinski definition) is 2. The Morgan fingerprint density at radius 2 is 2.31 bits per heavy atom. The minimum Gasteiger partial charge on any atom is -0.303 e. The fourth-order valence-electron chi connectivity index (χ4n) is 0.990. The highest BCUT2D eigenvalue weighted by atomic mass is 127. The highest BCUT2D eigenvalue weighted by Crippen LogP contribution is 2.18. The first-order valence-electron chi connectivity index (χ1n) is 3.84. The molecule has 0 aliphatic carbocycles. The number of nitrogens with zero attached hydrogens (tertiary/aromatic N) is 1. The summed E-state index contributed by atoms with van der Waals surface area (Å²) in [6.45, 7) is 1.82. The van der Waals surface area contributed by atoms with Gasteiger partial charge in [0.15, 0.2) is 0 Å². The van der Waals surface area contributed by atoms with Crippen LogP contribution in [-0.2, 0) is 4.79 Å². The predicted molar refractivity (Wildman–Crippen MR) is 58.4 cm³/mol. The Labute approximate surface area is 90.7 Å². The normalized spacial score (nSPS) is 11.8. The van der Waals surface area contributed by atoms with Crippen molar-refractivity contribution in [3.05, 3.63) is 32.9 Å². The van der Waals surface area contributed by atoms with E-state index in [0.29, 0.717) is 5.56 Å². The molecule has 0 amide bonds. The molecule has 0 aliphatic heterocycles. The summed E-state index contributed by atoms with van der Waals surface area (Å²) in [6, 6.07) is 7.59. The zero-order valence-corrected chi connectivity index (χ0v) is 9.28. The molecule has 1 rings (SSSR count).